The molecule has 0 amide bonds. The standard InChI is InChI=1S/C13H10Br2ClNO2S/c1-8-6-9(2-4-11(8)14)17-20(18,19)10-3-5-13(16)12(15)7-10/h2-7,17H,1H3. The third-order valence-electron chi connectivity index (χ3n) is 2.61. The van der Waals surface area contributed by atoms with Crippen LogP contribution in [0.2, 0.25) is 5.02 Å². The lowest BCUT2D eigenvalue weighted by molar-refractivity contribution is 0.601. The zero-order valence-corrected chi connectivity index (χ0v) is 15.1. The Labute approximate surface area is 139 Å². The van der Waals surface area contributed by atoms with Gasteiger partial charge in [-0.25, -0.2) is 8.42 Å². The maximum atomic E-state index is 12.3. The summed E-state index contributed by atoms with van der Waals surface area (Å²) in [6.07, 6.45) is 0. The second kappa shape index (κ2) is 6.05. The van der Waals surface area contributed by atoms with E-state index in [4.69, 9.17) is 11.6 Å². The summed E-state index contributed by atoms with van der Waals surface area (Å²) in [5.41, 5.74) is 1.46. The van der Waals surface area contributed by atoms with Crippen molar-refractivity contribution in [3.8, 4) is 0 Å². The van der Waals surface area contributed by atoms with Crippen LogP contribution < -0.4 is 4.72 Å². The number of hydrogen-bond donors (Lipinski definition) is 1. The van der Waals surface area contributed by atoms with Crippen LogP contribution in [-0.4, -0.2) is 8.42 Å². The highest BCUT2D eigenvalue weighted by Crippen LogP contribution is 2.27. The Morgan fingerprint density at radius 2 is 1.75 bits per heavy atom. The summed E-state index contributed by atoms with van der Waals surface area (Å²) in [6, 6.07) is 9.71. The van der Waals surface area contributed by atoms with Crippen LogP contribution in [-0.2, 0) is 10.0 Å². The lowest BCUT2D eigenvalue weighted by Gasteiger charge is -2.10. The Kier molecular flexibility index (Phi) is 4.79. The predicted molar refractivity (Wildman–Crippen MR) is 88.8 cm³/mol. The zero-order valence-electron chi connectivity index (χ0n) is 10.3. The van der Waals surface area contributed by atoms with Gasteiger partial charge in [0.25, 0.3) is 10.0 Å². The lowest BCUT2D eigenvalue weighted by atomic mass is 10.2. The Hall–Kier alpha value is -0.560. The van der Waals surface area contributed by atoms with E-state index in [0.717, 1.165) is 10.0 Å². The number of halogens is 3. The molecule has 0 heterocycles. The summed E-state index contributed by atoms with van der Waals surface area (Å²) in [7, 11) is -3.64. The monoisotopic (exact) mass is 437 g/mol. The van der Waals surface area contributed by atoms with Crippen molar-refractivity contribution in [1.82, 2.24) is 0 Å². The maximum Gasteiger partial charge on any atom is 0.261 e. The van der Waals surface area contributed by atoms with Gasteiger partial charge in [-0.3, -0.25) is 4.72 Å². The quantitative estimate of drug-likeness (QED) is 0.734. The molecule has 0 aliphatic heterocycles. The van der Waals surface area contributed by atoms with Crippen LogP contribution in [0, 0.1) is 6.92 Å². The van der Waals surface area contributed by atoms with E-state index in [2.05, 4.69) is 36.6 Å². The van der Waals surface area contributed by atoms with E-state index < -0.39 is 10.0 Å². The number of sulfonamides is 1. The minimum Gasteiger partial charge on any atom is -0.280 e. The first kappa shape index (κ1) is 15.8. The van der Waals surface area contributed by atoms with Crippen molar-refractivity contribution < 1.29 is 8.42 Å². The maximum absolute atomic E-state index is 12.3. The van der Waals surface area contributed by atoms with Crippen molar-refractivity contribution in [2.24, 2.45) is 0 Å². The van der Waals surface area contributed by atoms with Gasteiger partial charge in [-0.2, -0.15) is 0 Å². The van der Waals surface area contributed by atoms with Gasteiger partial charge < -0.3 is 0 Å². The molecule has 106 valence electrons. The molecule has 3 nitrogen and oxygen atoms in total. The average molecular weight is 440 g/mol. The molecule has 7 heteroatoms. The van der Waals surface area contributed by atoms with Gasteiger partial charge in [0.05, 0.1) is 9.92 Å². The van der Waals surface area contributed by atoms with E-state index in [1.165, 1.54) is 18.2 Å². The molecule has 2 rings (SSSR count). The van der Waals surface area contributed by atoms with Gasteiger partial charge in [-0.05, 0) is 64.8 Å². The van der Waals surface area contributed by atoms with E-state index >= 15 is 0 Å². The zero-order chi connectivity index (χ0) is 14.9. The van der Waals surface area contributed by atoms with E-state index in [1.807, 2.05) is 6.92 Å². The van der Waals surface area contributed by atoms with E-state index in [9.17, 15) is 8.42 Å². The Morgan fingerprint density at radius 1 is 1.05 bits per heavy atom. The topological polar surface area (TPSA) is 46.2 Å². The molecule has 0 aliphatic carbocycles. The number of nitrogens with one attached hydrogen (secondary N) is 1. The van der Waals surface area contributed by atoms with Gasteiger partial charge in [0.1, 0.15) is 0 Å². The molecule has 1 N–H and O–H groups in total. The van der Waals surface area contributed by atoms with E-state index in [-0.39, 0.29) is 4.90 Å². The second-order valence-corrected chi connectivity index (χ2v) is 7.94. The Bertz CT molecular complexity index is 763. The molecule has 2 aromatic carbocycles. The van der Waals surface area contributed by atoms with Crippen LogP contribution >= 0.6 is 43.5 Å². The van der Waals surface area contributed by atoms with Gasteiger partial charge in [-0.15, -0.1) is 0 Å². The minimum atomic E-state index is -3.64. The Morgan fingerprint density at radius 3 is 2.35 bits per heavy atom. The second-order valence-electron chi connectivity index (χ2n) is 4.15. The first-order chi connectivity index (χ1) is 9.29. The third-order valence-corrected chi connectivity index (χ3v) is 6.09. The summed E-state index contributed by atoms with van der Waals surface area (Å²) in [5, 5.41) is 0.462. The number of aryl methyl sites for hydroxylation is 1. The lowest BCUT2D eigenvalue weighted by Crippen LogP contribution is -2.13. The number of benzene rings is 2. The number of rotatable bonds is 3. The molecule has 0 unspecified atom stereocenters. The summed E-state index contributed by atoms with van der Waals surface area (Å²) in [6.45, 7) is 1.89. The molecule has 0 aliphatic rings. The normalized spacial score (nSPS) is 11.4. The van der Waals surface area contributed by atoms with Crippen LogP contribution in [0.1, 0.15) is 5.56 Å². The summed E-state index contributed by atoms with van der Waals surface area (Å²) < 4.78 is 28.5. The fourth-order valence-electron chi connectivity index (χ4n) is 1.57. The fourth-order valence-corrected chi connectivity index (χ4v) is 3.54. The Balaban J connectivity index is 2.35. The van der Waals surface area contributed by atoms with Crippen molar-refractivity contribution >= 4 is 59.2 Å². The smallest absolute Gasteiger partial charge is 0.261 e. The third kappa shape index (κ3) is 3.55. The van der Waals surface area contributed by atoms with Crippen LogP contribution in [0.15, 0.2) is 50.2 Å². The molecular weight excluding hydrogens is 429 g/mol. The number of anilines is 1. The van der Waals surface area contributed by atoms with Gasteiger partial charge in [-0.1, -0.05) is 27.5 Å². The molecule has 0 radical (unpaired) electrons. The van der Waals surface area contributed by atoms with Crippen LogP contribution in [0.25, 0.3) is 0 Å². The first-order valence-corrected chi connectivity index (χ1v) is 8.98. The van der Waals surface area contributed by atoms with Gasteiger partial charge in [0.2, 0.25) is 0 Å². The molecule has 20 heavy (non-hydrogen) atoms. The molecular formula is C13H10Br2ClNO2S. The summed E-state index contributed by atoms with van der Waals surface area (Å²) in [4.78, 5) is 0.148. The van der Waals surface area contributed by atoms with Gasteiger partial charge >= 0.3 is 0 Å². The highest BCUT2D eigenvalue weighted by atomic mass is 79.9. The van der Waals surface area contributed by atoms with Crippen LogP contribution in [0.4, 0.5) is 5.69 Å². The van der Waals surface area contributed by atoms with Crippen molar-refractivity contribution in [3.63, 3.8) is 0 Å². The molecule has 0 saturated carbocycles. The summed E-state index contributed by atoms with van der Waals surface area (Å²) >= 11 is 12.4. The van der Waals surface area contributed by atoms with Gasteiger partial charge in [0, 0.05) is 14.6 Å². The van der Waals surface area contributed by atoms with Crippen LogP contribution in [0.3, 0.4) is 0 Å². The number of hydrogen-bond acceptors (Lipinski definition) is 2. The average Bonchev–Trinajstić information content (AvgIpc) is 2.37. The van der Waals surface area contributed by atoms with Crippen molar-refractivity contribution in [3.05, 3.63) is 55.9 Å². The molecule has 0 fully saturated rings. The molecule has 0 atom stereocenters. The minimum absolute atomic E-state index is 0.148. The summed E-state index contributed by atoms with van der Waals surface area (Å²) in [5.74, 6) is 0. The van der Waals surface area contributed by atoms with Crippen molar-refractivity contribution in [2.45, 2.75) is 11.8 Å². The van der Waals surface area contributed by atoms with Gasteiger partial charge in [0.15, 0.2) is 0 Å². The molecule has 0 saturated heterocycles. The predicted octanol–water partition coefficient (Wildman–Crippen LogP) is 4.97. The van der Waals surface area contributed by atoms with E-state index in [0.29, 0.717) is 15.2 Å². The van der Waals surface area contributed by atoms with Crippen molar-refractivity contribution in [2.75, 3.05) is 4.72 Å². The highest BCUT2D eigenvalue weighted by molar-refractivity contribution is 9.10. The first-order valence-electron chi connectivity index (χ1n) is 5.53. The SMILES string of the molecule is Cc1cc(NS(=O)(=O)c2ccc(Cl)c(Br)c2)ccc1Br. The molecule has 0 spiro atoms. The van der Waals surface area contributed by atoms with E-state index in [1.54, 1.807) is 18.2 Å². The van der Waals surface area contributed by atoms with Crippen molar-refractivity contribution in [1.29, 1.82) is 0 Å². The fraction of sp³-hybridized carbons (Fsp3) is 0.0769. The molecule has 0 bridgehead atoms. The molecule has 0 aromatic heterocycles. The molecule has 2 aromatic rings. The largest absolute Gasteiger partial charge is 0.280 e. The van der Waals surface area contributed by atoms with Crippen LogP contribution in [0.5, 0.6) is 0 Å². The highest BCUT2D eigenvalue weighted by Gasteiger charge is 2.15.